The first-order valence-corrected chi connectivity index (χ1v) is 4.43. The summed E-state index contributed by atoms with van der Waals surface area (Å²) in [7, 11) is 1.31. The molecule has 1 unspecified atom stereocenters. The van der Waals surface area contributed by atoms with E-state index in [0.29, 0.717) is 25.7 Å². The topological polar surface area (TPSA) is 89.7 Å². The summed E-state index contributed by atoms with van der Waals surface area (Å²) in [5, 5.41) is 19.1. The average molecular weight is 205 g/mol. The number of unbranched alkanes of at least 4 members (excludes halogenated alkanes) is 1. The van der Waals surface area contributed by atoms with Gasteiger partial charge >= 0.3 is 5.97 Å². The molecule has 6 heteroatoms. The van der Waals surface area contributed by atoms with Crippen LogP contribution in [0, 0.1) is 10.1 Å². The number of carbonyl (C=O) groups is 1. The van der Waals surface area contributed by atoms with Crippen LogP contribution in [-0.4, -0.2) is 35.8 Å². The van der Waals surface area contributed by atoms with Crippen LogP contribution in [0.15, 0.2) is 0 Å². The zero-order chi connectivity index (χ0) is 11.0. The van der Waals surface area contributed by atoms with Crippen molar-refractivity contribution in [3.63, 3.8) is 0 Å². The molecule has 0 aromatic rings. The molecule has 0 aromatic heterocycles. The van der Waals surface area contributed by atoms with Gasteiger partial charge in [0.2, 0.25) is 6.54 Å². The first kappa shape index (κ1) is 12.8. The van der Waals surface area contributed by atoms with E-state index < -0.39 is 17.6 Å². The quantitative estimate of drug-likeness (QED) is 0.280. The summed E-state index contributed by atoms with van der Waals surface area (Å²) in [5.41, 5.74) is 0. The monoisotopic (exact) mass is 205 g/mol. The Balaban J connectivity index is 3.35. The molecule has 82 valence electrons. The van der Waals surface area contributed by atoms with E-state index in [1.807, 2.05) is 0 Å². The van der Waals surface area contributed by atoms with Gasteiger partial charge in [-0.05, 0) is 12.8 Å². The summed E-state index contributed by atoms with van der Waals surface area (Å²) in [5.74, 6) is -0.297. The molecule has 1 N–H and O–H groups in total. The number of nitro groups is 1. The maximum Gasteiger partial charge on any atom is 0.305 e. The highest BCUT2D eigenvalue weighted by Crippen LogP contribution is 2.04. The van der Waals surface area contributed by atoms with E-state index in [4.69, 9.17) is 5.11 Å². The second-order valence-corrected chi connectivity index (χ2v) is 2.99. The normalized spacial score (nSPS) is 12.1. The van der Waals surface area contributed by atoms with Gasteiger partial charge in [-0.15, -0.1) is 0 Å². The molecular weight excluding hydrogens is 190 g/mol. The maximum absolute atomic E-state index is 10.6. The van der Waals surface area contributed by atoms with Crippen LogP contribution in [0.25, 0.3) is 0 Å². The van der Waals surface area contributed by atoms with Crippen LogP contribution in [0.2, 0.25) is 0 Å². The smallest absolute Gasteiger partial charge is 0.305 e. The van der Waals surface area contributed by atoms with Crippen molar-refractivity contribution in [1.29, 1.82) is 0 Å². The SMILES string of the molecule is COC(=O)CCCCC(O)C[N+](=O)[O-]. The summed E-state index contributed by atoms with van der Waals surface area (Å²) in [6.07, 6.45) is 0.897. The third-order valence-electron chi connectivity index (χ3n) is 1.76. The molecule has 0 fully saturated rings. The van der Waals surface area contributed by atoms with Crippen LogP contribution in [0.5, 0.6) is 0 Å². The molecule has 0 aromatic carbocycles. The highest BCUT2D eigenvalue weighted by atomic mass is 16.6. The number of esters is 1. The highest BCUT2D eigenvalue weighted by Gasteiger charge is 2.10. The van der Waals surface area contributed by atoms with Crippen LogP contribution < -0.4 is 0 Å². The summed E-state index contributed by atoms with van der Waals surface area (Å²) in [4.78, 5) is 20.1. The minimum Gasteiger partial charge on any atom is -0.469 e. The van der Waals surface area contributed by atoms with Crippen LogP contribution >= 0.6 is 0 Å². The second kappa shape index (κ2) is 7.25. The highest BCUT2D eigenvalue weighted by molar-refractivity contribution is 5.68. The van der Waals surface area contributed by atoms with Gasteiger partial charge in [0.15, 0.2) is 0 Å². The van der Waals surface area contributed by atoms with Gasteiger partial charge in [0.1, 0.15) is 6.10 Å². The van der Waals surface area contributed by atoms with Gasteiger partial charge in [-0.3, -0.25) is 14.9 Å². The lowest BCUT2D eigenvalue weighted by atomic mass is 10.1. The molecule has 0 heterocycles. The van der Waals surface area contributed by atoms with Crippen molar-refractivity contribution in [2.45, 2.75) is 31.8 Å². The van der Waals surface area contributed by atoms with E-state index in [1.54, 1.807) is 0 Å². The van der Waals surface area contributed by atoms with Crippen molar-refractivity contribution in [2.24, 2.45) is 0 Å². The second-order valence-electron chi connectivity index (χ2n) is 2.99. The number of nitrogens with zero attached hydrogens (tertiary/aromatic N) is 1. The van der Waals surface area contributed by atoms with Crippen molar-refractivity contribution < 1.29 is 19.6 Å². The van der Waals surface area contributed by atoms with Gasteiger partial charge < -0.3 is 9.84 Å². The molecule has 0 bridgehead atoms. The molecular formula is C8H15NO5. The van der Waals surface area contributed by atoms with Crippen LogP contribution in [0.4, 0.5) is 0 Å². The number of hydrogen-bond donors (Lipinski definition) is 1. The summed E-state index contributed by atoms with van der Waals surface area (Å²) in [6.45, 7) is -0.432. The van der Waals surface area contributed by atoms with E-state index in [-0.39, 0.29) is 5.97 Å². The fraction of sp³-hybridized carbons (Fsp3) is 0.875. The van der Waals surface area contributed by atoms with E-state index in [9.17, 15) is 14.9 Å². The lowest BCUT2D eigenvalue weighted by molar-refractivity contribution is -0.490. The van der Waals surface area contributed by atoms with Gasteiger partial charge in [-0.1, -0.05) is 6.42 Å². The number of rotatable bonds is 7. The molecule has 14 heavy (non-hydrogen) atoms. The van der Waals surface area contributed by atoms with Crippen molar-refractivity contribution in [3.8, 4) is 0 Å². The lowest BCUT2D eigenvalue weighted by Crippen LogP contribution is -2.19. The molecule has 0 amide bonds. The number of aliphatic hydroxyl groups excluding tert-OH is 1. The van der Waals surface area contributed by atoms with Crippen LogP contribution in [0.3, 0.4) is 0 Å². The minimum atomic E-state index is -0.914. The third-order valence-corrected chi connectivity index (χ3v) is 1.76. The molecule has 0 radical (unpaired) electrons. The molecule has 1 atom stereocenters. The molecule has 6 nitrogen and oxygen atoms in total. The van der Waals surface area contributed by atoms with E-state index in [2.05, 4.69) is 4.74 Å². The minimum absolute atomic E-state index is 0.293. The lowest BCUT2D eigenvalue weighted by Gasteiger charge is -2.04. The first-order valence-electron chi connectivity index (χ1n) is 4.43. The van der Waals surface area contributed by atoms with Crippen molar-refractivity contribution in [2.75, 3.05) is 13.7 Å². The number of aliphatic hydroxyl groups is 1. The zero-order valence-electron chi connectivity index (χ0n) is 8.14. The average Bonchev–Trinajstić information content (AvgIpc) is 2.10. The van der Waals surface area contributed by atoms with Crippen LogP contribution in [-0.2, 0) is 9.53 Å². The fourth-order valence-electron chi connectivity index (χ4n) is 1.01. The first-order chi connectivity index (χ1) is 6.56. The molecule has 0 rings (SSSR count). The Morgan fingerprint density at radius 2 is 2.21 bits per heavy atom. The molecule has 0 aliphatic rings. The van der Waals surface area contributed by atoms with Gasteiger partial charge in [-0.2, -0.15) is 0 Å². The summed E-state index contributed by atoms with van der Waals surface area (Å²) >= 11 is 0. The Hall–Kier alpha value is -1.17. The van der Waals surface area contributed by atoms with Crippen molar-refractivity contribution >= 4 is 5.97 Å². The molecule has 0 saturated carbocycles. The predicted molar refractivity (Wildman–Crippen MR) is 48.4 cm³/mol. The number of methoxy groups -OCH3 is 1. The number of ether oxygens (including phenoxy) is 1. The largest absolute Gasteiger partial charge is 0.469 e. The molecule has 0 saturated heterocycles. The van der Waals surface area contributed by atoms with Crippen LogP contribution in [0.1, 0.15) is 25.7 Å². The van der Waals surface area contributed by atoms with Crippen molar-refractivity contribution in [3.05, 3.63) is 10.1 Å². The van der Waals surface area contributed by atoms with Gasteiger partial charge in [-0.25, -0.2) is 0 Å². The Labute approximate surface area is 82.0 Å². The Bertz CT molecular complexity index is 194. The Morgan fingerprint density at radius 1 is 1.57 bits per heavy atom. The third kappa shape index (κ3) is 7.48. The maximum atomic E-state index is 10.6. The fourth-order valence-corrected chi connectivity index (χ4v) is 1.01. The molecule has 0 aliphatic heterocycles. The zero-order valence-corrected chi connectivity index (χ0v) is 8.14. The number of carbonyl (C=O) groups excluding carboxylic acids is 1. The van der Waals surface area contributed by atoms with Gasteiger partial charge in [0, 0.05) is 11.3 Å². The van der Waals surface area contributed by atoms with E-state index in [0.717, 1.165) is 0 Å². The molecule has 0 spiro atoms. The van der Waals surface area contributed by atoms with E-state index in [1.165, 1.54) is 7.11 Å². The Kier molecular flexibility index (Phi) is 6.65. The number of hydrogen-bond acceptors (Lipinski definition) is 5. The van der Waals surface area contributed by atoms with Crippen molar-refractivity contribution in [1.82, 2.24) is 0 Å². The standard InChI is InChI=1S/C8H15NO5/c1-14-8(11)5-3-2-4-7(10)6-9(12)13/h7,10H,2-6H2,1H3. The van der Waals surface area contributed by atoms with E-state index >= 15 is 0 Å². The molecule has 0 aliphatic carbocycles. The summed E-state index contributed by atoms with van der Waals surface area (Å²) in [6, 6.07) is 0. The van der Waals surface area contributed by atoms with Gasteiger partial charge in [0.25, 0.3) is 0 Å². The summed E-state index contributed by atoms with van der Waals surface area (Å²) < 4.78 is 4.41. The Morgan fingerprint density at radius 3 is 2.71 bits per heavy atom. The predicted octanol–water partition coefficient (Wildman–Crippen LogP) is 0.357. The van der Waals surface area contributed by atoms with Gasteiger partial charge in [0.05, 0.1) is 7.11 Å².